The Morgan fingerprint density at radius 1 is 0.971 bits per heavy atom. The summed E-state index contributed by atoms with van der Waals surface area (Å²) in [5.41, 5.74) is 3.45. The Labute approximate surface area is 206 Å². The maximum atomic E-state index is 13.3. The molecule has 2 aromatic rings. The maximum Gasteiger partial charge on any atom is 0.408 e. The van der Waals surface area contributed by atoms with Crippen molar-refractivity contribution in [1.29, 1.82) is 0 Å². The van der Waals surface area contributed by atoms with Crippen LogP contribution in [0.1, 0.15) is 69.4 Å². The molecule has 186 valence electrons. The molecule has 1 saturated carbocycles. The first-order chi connectivity index (χ1) is 16.9. The third-order valence-corrected chi connectivity index (χ3v) is 7.74. The molecule has 0 radical (unpaired) electrons. The van der Waals surface area contributed by atoms with Crippen LogP contribution in [-0.4, -0.2) is 41.3 Å². The molecule has 7 nitrogen and oxygen atoms in total. The number of fused-ring (bicyclic) bond motifs is 3. The molecule has 0 bridgehead atoms. The zero-order chi connectivity index (χ0) is 25.0. The molecular weight excluding hydrogens is 444 g/mol. The molecule has 0 aromatic heterocycles. The Kier molecular flexibility index (Phi) is 7.43. The van der Waals surface area contributed by atoms with E-state index >= 15 is 0 Å². The first-order valence-corrected chi connectivity index (χ1v) is 12.5. The lowest BCUT2D eigenvalue weighted by Crippen LogP contribution is -2.60. The van der Waals surface area contributed by atoms with Gasteiger partial charge in [0.2, 0.25) is 5.91 Å². The highest BCUT2D eigenvalue weighted by atomic mass is 16.5. The molecule has 0 spiro atoms. The van der Waals surface area contributed by atoms with Gasteiger partial charge in [0.25, 0.3) is 0 Å². The number of amides is 2. The lowest BCUT2D eigenvalue weighted by atomic mass is 9.90. The predicted molar refractivity (Wildman–Crippen MR) is 133 cm³/mol. The van der Waals surface area contributed by atoms with E-state index in [4.69, 9.17) is 4.74 Å². The molecule has 2 aromatic carbocycles. The Balaban J connectivity index is 1.42. The summed E-state index contributed by atoms with van der Waals surface area (Å²) in [6.45, 7) is 3.89. The van der Waals surface area contributed by atoms with Crippen LogP contribution in [0.15, 0.2) is 48.5 Å². The molecule has 0 saturated heterocycles. The molecule has 1 fully saturated rings. The lowest BCUT2D eigenvalue weighted by molar-refractivity contribution is -0.138. The fraction of sp³-hybridized carbons (Fsp3) is 0.464. The van der Waals surface area contributed by atoms with E-state index in [1.807, 2.05) is 38.1 Å². The number of hydrogen-bond acceptors (Lipinski definition) is 4. The lowest BCUT2D eigenvalue weighted by Gasteiger charge is -2.33. The SMILES string of the molecule is CCC(CC)(NC(=O)OCC1c2ccccc2-c2ccccc21)C(=O)NC1CCCC1CC(=O)O. The van der Waals surface area contributed by atoms with Crippen molar-refractivity contribution in [2.45, 2.75) is 69.9 Å². The van der Waals surface area contributed by atoms with E-state index < -0.39 is 17.6 Å². The molecule has 2 aliphatic carbocycles. The van der Waals surface area contributed by atoms with Gasteiger partial charge < -0.3 is 20.5 Å². The summed E-state index contributed by atoms with van der Waals surface area (Å²) in [5.74, 6) is -1.28. The molecule has 7 heteroatoms. The molecule has 2 unspecified atom stereocenters. The normalized spacial score (nSPS) is 19.0. The average molecular weight is 479 g/mol. The predicted octanol–water partition coefficient (Wildman–Crippen LogP) is 4.84. The van der Waals surface area contributed by atoms with Crippen LogP contribution in [0.4, 0.5) is 4.79 Å². The molecule has 35 heavy (non-hydrogen) atoms. The number of alkyl carbamates (subject to hydrolysis) is 1. The summed E-state index contributed by atoms with van der Waals surface area (Å²) in [5, 5.41) is 15.1. The summed E-state index contributed by atoms with van der Waals surface area (Å²) in [6, 6.07) is 16.1. The van der Waals surface area contributed by atoms with Crippen LogP contribution in [0.2, 0.25) is 0 Å². The zero-order valence-corrected chi connectivity index (χ0v) is 20.4. The fourth-order valence-electron chi connectivity index (χ4n) is 5.64. The fourth-order valence-corrected chi connectivity index (χ4v) is 5.64. The summed E-state index contributed by atoms with van der Waals surface area (Å²) in [4.78, 5) is 37.4. The van der Waals surface area contributed by atoms with Crippen LogP contribution in [-0.2, 0) is 14.3 Å². The van der Waals surface area contributed by atoms with Gasteiger partial charge in [-0.25, -0.2) is 4.79 Å². The quantitative estimate of drug-likeness (QED) is 0.478. The molecule has 2 aliphatic rings. The van der Waals surface area contributed by atoms with E-state index in [2.05, 4.69) is 34.9 Å². The second-order valence-electron chi connectivity index (χ2n) is 9.61. The van der Waals surface area contributed by atoms with Crippen LogP contribution in [0.5, 0.6) is 0 Å². The number of aliphatic carboxylic acids is 1. The summed E-state index contributed by atoms with van der Waals surface area (Å²) < 4.78 is 5.69. The van der Waals surface area contributed by atoms with Crippen molar-refractivity contribution >= 4 is 18.0 Å². The maximum absolute atomic E-state index is 13.3. The minimum atomic E-state index is -1.11. The van der Waals surface area contributed by atoms with Crippen LogP contribution in [0.3, 0.4) is 0 Å². The summed E-state index contributed by atoms with van der Waals surface area (Å²) in [7, 11) is 0. The van der Waals surface area contributed by atoms with Crippen molar-refractivity contribution in [2.24, 2.45) is 5.92 Å². The number of hydrogen-bond donors (Lipinski definition) is 3. The minimum absolute atomic E-state index is 0.0377. The van der Waals surface area contributed by atoms with Crippen molar-refractivity contribution in [3.63, 3.8) is 0 Å². The Morgan fingerprint density at radius 2 is 1.57 bits per heavy atom. The molecule has 0 heterocycles. The van der Waals surface area contributed by atoms with Crippen molar-refractivity contribution in [2.75, 3.05) is 6.61 Å². The van der Waals surface area contributed by atoms with E-state index in [1.165, 1.54) is 0 Å². The van der Waals surface area contributed by atoms with Crippen LogP contribution in [0.25, 0.3) is 11.1 Å². The van der Waals surface area contributed by atoms with Crippen LogP contribution in [0, 0.1) is 5.92 Å². The topological polar surface area (TPSA) is 105 Å². The van der Waals surface area contributed by atoms with Crippen LogP contribution >= 0.6 is 0 Å². The van der Waals surface area contributed by atoms with Gasteiger partial charge in [-0.2, -0.15) is 0 Å². The van der Waals surface area contributed by atoms with Gasteiger partial charge in [0.1, 0.15) is 12.1 Å². The Morgan fingerprint density at radius 3 is 2.14 bits per heavy atom. The Hall–Kier alpha value is -3.35. The van der Waals surface area contributed by atoms with Crippen molar-refractivity contribution < 1.29 is 24.2 Å². The van der Waals surface area contributed by atoms with E-state index in [9.17, 15) is 19.5 Å². The summed E-state index contributed by atoms with van der Waals surface area (Å²) >= 11 is 0. The highest BCUT2D eigenvalue weighted by molar-refractivity contribution is 5.90. The van der Waals surface area contributed by atoms with E-state index in [-0.39, 0.29) is 36.8 Å². The van der Waals surface area contributed by atoms with Gasteiger partial charge >= 0.3 is 12.1 Å². The number of carbonyl (C=O) groups is 3. The highest BCUT2D eigenvalue weighted by Gasteiger charge is 2.40. The first-order valence-electron chi connectivity index (χ1n) is 12.5. The third-order valence-electron chi connectivity index (χ3n) is 7.74. The minimum Gasteiger partial charge on any atom is -0.481 e. The smallest absolute Gasteiger partial charge is 0.408 e. The van der Waals surface area contributed by atoms with Gasteiger partial charge in [0.15, 0.2) is 0 Å². The second kappa shape index (κ2) is 10.5. The molecule has 2 amide bonds. The summed E-state index contributed by atoms with van der Waals surface area (Å²) in [6.07, 6.45) is 2.62. The number of rotatable bonds is 9. The van der Waals surface area contributed by atoms with E-state index in [1.54, 1.807) is 0 Å². The Bertz CT molecular complexity index is 1050. The average Bonchev–Trinajstić information content (AvgIpc) is 3.42. The standard InChI is InChI=1S/C28H34N2O5/c1-3-28(4-2,26(33)29-24-15-9-10-18(24)16-25(31)32)30-27(34)35-17-23-21-13-7-5-11-19(21)20-12-6-8-14-22(20)23/h5-8,11-14,18,23-24H,3-4,9-10,15-17H2,1-2H3,(H,29,33)(H,30,34)(H,31,32). The molecule has 3 N–H and O–H groups in total. The molecule has 2 atom stereocenters. The van der Waals surface area contributed by atoms with E-state index in [0.717, 1.165) is 41.5 Å². The number of carboxylic acids is 1. The van der Waals surface area contributed by atoms with Gasteiger partial charge in [-0.1, -0.05) is 68.8 Å². The third kappa shape index (κ3) is 5.04. The van der Waals surface area contributed by atoms with Crippen molar-refractivity contribution in [3.05, 3.63) is 59.7 Å². The first kappa shape index (κ1) is 24.8. The van der Waals surface area contributed by atoms with Crippen molar-refractivity contribution in [1.82, 2.24) is 10.6 Å². The number of carboxylic acid groups (broad SMARTS) is 1. The number of nitrogens with one attached hydrogen (secondary N) is 2. The van der Waals surface area contributed by atoms with Gasteiger partial charge in [-0.3, -0.25) is 9.59 Å². The van der Waals surface area contributed by atoms with Crippen LogP contribution < -0.4 is 10.6 Å². The number of carbonyl (C=O) groups excluding carboxylic acids is 2. The number of ether oxygens (including phenoxy) is 1. The van der Waals surface area contributed by atoms with Gasteiger partial charge in [0, 0.05) is 12.0 Å². The second-order valence-corrected chi connectivity index (χ2v) is 9.61. The van der Waals surface area contributed by atoms with Gasteiger partial charge in [-0.15, -0.1) is 0 Å². The largest absolute Gasteiger partial charge is 0.481 e. The van der Waals surface area contributed by atoms with Crippen molar-refractivity contribution in [3.8, 4) is 11.1 Å². The zero-order valence-electron chi connectivity index (χ0n) is 20.4. The number of benzene rings is 2. The highest BCUT2D eigenvalue weighted by Crippen LogP contribution is 2.44. The monoisotopic (exact) mass is 478 g/mol. The molecular formula is C28H34N2O5. The van der Waals surface area contributed by atoms with E-state index in [0.29, 0.717) is 12.8 Å². The van der Waals surface area contributed by atoms with Gasteiger partial charge in [-0.05, 0) is 53.9 Å². The van der Waals surface area contributed by atoms with Gasteiger partial charge in [0.05, 0.1) is 6.42 Å². The molecule has 4 rings (SSSR count). The molecule has 0 aliphatic heterocycles.